The summed E-state index contributed by atoms with van der Waals surface area (Å²) in [5.41, 5.74) is 2.43. The maximum absolute atomic E-state index is 13.3. The van der Waals surface area contributed by atoms with Gasteiger partial charge in [0.05, 0.1) is 25.2 Å². The number of hydrogen-bond acceptors (Lipinski definition) is 3. The van der Waals surface area contributed by atoms with Gasteiger partial charge in [-0.3, -0.25) is 9.59 Å². The van der Waals surface area contributed by atoms with Crippen molar-refractivity contribution >= 4 is 11.8 Å². The summed E-state index contributed by atoms with van der Waals surface area (Å²) in [7, 11) is 0. The van der Waals surface area contributed by atoms with E-state index >= 15 is 0 Å². The Kier molecular flexibility index (Phi) is 5.44. The Hall–Kier alpha value is -3.17. The summed E-state index contributed by atoms with van der Waals surface area (Å²) >= 11 is 0. The Morgan fingerprint density at radius 2 is 1.84 bits per heavy atom. The second kappa shape index (κ2) is 8.40. The van der Waals surface area contributed by atoms with E-state index in [-0.39, 0.29) is 48.8 Å². The summed E-state index contributed by atoms with van der Waals surface area (Å²) in [6.45, 7) is 0.517. The third-order valence-corrected chi connectivity index (χ3v) is 6.74. The first-order valence-corrected chi connectivity index (χ1v) is 11.1. The molecule has 0 unspecified atom stereocenters. The number of carbonyl (C=O) groups excluding carboxylic acids is 2. The van der Waals surface area contributed by atoms with E-state index in [4.69, 9.17) is 0 Å². The normalized spacial score (nSPS) is 24.3. The van der Waals surface area contributed by atoms with Gasteiger partial charge in [-0.1, -0.05) is 30.0 Å². The van der Waals surface area contributed by atoms with Crippen LogP contribution in [0.2, 0.25) is 0 Å². The molecule has 5 nitrogen and oxygen atoms in total. The molecule has 6 heteroatoms. The minimum Gasteiger partial charge on any atom is -0.394 e. The zero-order chi connectivity index (χ0) is 22.2. The van der Waals surface area contributed by atoms with E-state index in [0.717, 1.165) is 24.0 Å². The molecule has 2 amide bonds. The van der Waals surface area contributed by atoms with Crippen LogP contribution in [0.5, 0.6) is 0 Å². The molecule has 0 aromatic heterocycles. The number of hydrogen-bond donors (Lipinski definition) is 1. The fourth-order valence-electron chi connectivity index (χ4n) is 4.89. The number of nitrogens with zero attached hydrogens (tertiary/aromatic N) is 2. The Labute approximate surface area is 186 Å². The standard InChI is InChI=1S/C26H25FN2O3/c27-21-3-1-2-18(12-21)5-4-17-8-10-20(11-9-17)26-22-14-28(24(31)13-19-6-7-19)15-25(32)29(22)23(26)16-30/h1-3,8-12,19,22-23,26,30H,6-7,13-16H2/t22-,23+,26-/m0/s1. The maximum atomic E-state index is 13.3. The smallest absolute Gasteiger partial charge is 0.242 e. The Morgan fingerprint density at radius 1 is 1.09 bits per heavy atom. The first-order valence-electron chi connectivity index (χ1n) is 11.1. The van der Waals surface area contributed by atoms with Gasteiger partial charge in [0.15, 0.2) is 0 Å². The number of aliphatic hydroxyl groups excluding tert-OH is 1. The molecule has 164 valence electrons. The summed E-state index contributed by atoms with van der Waals surface area (Å²) in [6.07, 6.45) is 2.74. The van der Waals surface area contributed by atoms with Crippen LogP contribution in [0, 0.1) is 23.6 Å². The maximum Gasteiger partial charge on any atom is 0.242 e. The summed E-state index contributed by atoms with van der Waals surface area (Å²) < 4.78 is 13.3. The topological polar surface area (TPSA) is 60.9 Å². The summed E-state index contributed by atoms with van der Waals surface area (Å²) in [4.78, 5) is 28.7. The summed E-state index contributed by atoms with van der Waals surface area (Å²) in [6, 6.07) is 13.5. The van der Waals surface area contributed by atoms with Crippen LogP contribution in [0.4, 0.5) is 4.39 Å². The molecule has 3 fully saturated rings. The van der Waals surface area contributed by atoms with Crippen LogP contribution in [-0.2, 0) is 9.59 Å². The van der Waals surface area contributed by atoms with E-state index in [1.165, 1.54) is 12.1 Å². The first-order chi connectivity index (χ1) is 15.5. The number of rotatable bonds is 4. The van der Waals surface area contributed by atoms with Gasteiger partial charge in [0, 0.05) is 30.0 Å². The Bertz CT molecular complexity index is 1100. The number of fused-ring (bicyclic) bond motifs is 1. The molecule has 32 heavy (non-hydrogen) atoms. The number of halogens is 1. The van der Waals surface area contributed by atoms with Crippen LogP contribution < -0.4 is 0 Å². The molecule has 2 aromatic carbocycles. The molecule has 3 atom stereocenters. The third kappa shape index (κ3) is 4.01. The van der Waals surface area contributed by atoms with Crippen molar-refractivity contribution in [2.24, 2.45) is 5.92 Å². The van der Waals surface area contributed by atoms with Crippen molar-refractivity contribution in [2.75, 3.05) is 19.7 Å². The molecular formula is C26H25FN2O3. The van der Waals surface area contributed by atoms with Crippen LogP contribution in [0.25, 0.3) is 0 Å². The number of piperazine rings is 1. The van der Waals surface area contributed by atoms with E-state index in [0.29, 0.717) is 24.4 Å². The summed E-state index contributed by atoms with van der Waals surface area (Å²) in [5, 5.41) is 9.94. The van der Waals surface area contributed by atoms with Crippen LogP contribution >= 0.6 is 0 Å². The lowest BCUT2D eigenvalue weighted by Gasteiger charge is -2.58. The van der Waals surface area contributed by atoms with Crippen LogP contribution in [-0.4, -0.2) is 58.5 Å². The van der Waals surface area contributed by atoms with Crippen molar-refractivity contribution in [1.82, 2.24) is 9.80 Å². The number of aliphatic hydroxyl groups is 1. The number of amides is 2. The molecular weight excluding hydrogens is 407 g/mol. The molecule has 0 radical (unpaired) electrons. The molecule has 1 N–H and O–H groups in total. The van der Waals surface area contributed by atoms with E-state index < -0.39 is 0 Å². The first kappa shape index (κ1) is 20.7. The molecule has 2 aromatic rings. The number of benzene rings is 2. The van der Waals surface area contributed by atoms with Crippen molar-refractivity contribution in [2.45, 2.75) is 37.3 Å². The van der Waals surface area contributed by atoms with Crippen molar-refractivity contribution in [3.05, 3.63) is 71.0 Å². The van der Waals surface area contributed by atoms with E-state index in [1.54, 1.807) is 21.9 Å². The monoisotopic (exact) mass is 432 g/mol. The lowest BCUT2D eigenvalue weighted by molar-refractivity contribution is -0.167. The van der Waals surface area contributed by atoms with Crippen molar-refractivity contribution in [3.63, 3.8) is 0 Å². The highest BCUT2D eigenvalue weighted by Crippen LogP contribution is 2.43. The highest BCUT2D eigenvalue weighted by atomic mass is 19.1. The predicted molar refractivity (Wildman–Crippen MR) is 117 cm³/mol. The van der Waals surface area contributed by atoms with Gasteiger partial charge >= 0.3 is 0 Å². The van der Waals surface area contributed by atoms with Gasteiger partial charge in [-0.05, 0) is 54.7 Å². The van der Waals surface area contributed by atoms with Gasteiger partial charge in [0.1, 0.15) is 5.82 Å². The Morgan fingerprint density at radius 3 is 2.53 bits per heavy atom. The lowest BCUT2D eigenvalue weighted by Crippen LogP contribution is -2.73. The van der Waals surface area contributed by atoms with Crippen LogP contribution in [0.1, 0.15) is 41.9 Å². The van der Waals surface area contributed by atoms with Gasteiger partial charge in [0.2, 0.25) is 11.8 Å². The van der Waals surface area contributed by atoms with Gasteiger partial charge in [-0.2, -0.15) is 0 Å². The molecule has 2 heterocycles. The highest BCUT2D eigenvalue weighted by Gasteiger charge is 2.54. The van der Waals surface area contributed by atoms with Crippen LogP contribution in [0.3, 0.4) is 0 Å². The van der Waals surface area contributed by atoms with E-state index in [1.807, 2.05) is 24.3 Å². The molecule has 0 bridgehead atoms. The van der Waals surface area contributed by atoms with Gasteiger partial charge in [-0.15, -0.1) is 0 Å². The molecule has 3 aliphatic rings. The SMILES string of the molecule is O=C(CC1CC1)N1CC(=O)N2[C@H](CO)[C@@H](c3ccc(C#Cc4cccc(F)c4)cc3)[C@@H]2C1. The predicted octanol–water partition coefficient (Wildman–Crippen LogP) is 2.52. The molecule has 2 aliphatic heterocycles. The average molecular weight is 432 g/mol. The third-order valence-electron chi connectivity index (χ3n) is 6.74. The second-order valence-electron chi connectivity index (χ2n) is 8.95. The fourth-order valence-corrected chi connectivity index (χ4v) is 4.89. The minimum atomic E-state index is -0.316. The van der Waals surface area contributed by atoms with Crippen molar-refractivity contribution in [3.8, 4) is 11.8 Å². The largest absolute Gasteiger partial charge is 0.394 e. The number of carbonyl (C=O) groups is 2. The Balaban J connectivity index is 1.32. The minimum absolute atomic E-state index is 0.0225. The van der Waals surface area contributed by atoms with Gasteiger partial charge in [-0.25, -0.2) is 4.39 Å². The van der Waals surface area contributed by atoms with Gasteiger partial charge in [0.25, 0.3) is 0 Å². The lowest BCUT2D eigenvalue weighted by atomic mass is 9.73. The van der Waals surface area contributed by atoms with Gasteiger partial charge < -0.3 is 14.9 Å². The van der Waals surface area contributed by atoms with Crippen LogP contribution in [0.15, 0.2) is 48.5 Å². The van der Waals surface area contributed by atoms with Crippen molar-refractivity contribution < 1.29 is 19.1 Å². The second-order valence-corrected chi connectivity index (χ2v) is 8.95. The summed E-state index contributed by atoms with van der Waals surface area (Å²) in [5.74, 6) is 6.13. The van der Waals surface area contributed by atoms with E-state index in [2.05, 4.69) is 11.8 Å². The zero-order valence-electron chi connectivity index (χ0n) is 17.7. The average Bonchev–Trinajstić information content (AvgIpc) is 3.58. The molecule has 2 saturated heterocycles. The quantitative estimate of drug-likeness (QED) is 0.756. The molecule has 5 rings (SSSR count). The molecule has 1 saturated carbocycles. The molecule has 0 spiro atoms. The zero-order valence-corrected chi connectivity index (χ0v) is 17.7. The van der Waals surface area contributed by atoms with E-state index in [9.17, 15) is 19.1 Å². The fraction of sp³-hybridized carbons (Fsp3) is 0.385. The van der Waals surface area contributed by atoms with Crippen molar-refractivity contribution in [1.29, 1.82) is 0 Å². The highest BCUT2D eigenvalue weighted by molar-refractivity contribution is 5.88. The molecule has 1 aliphatic carbocycles.